The average Bonchev–Trinajstić information content (AvgIpc) is 2.15. The number of halogens is 3. The number of para-hydroxylation sites is 1. The number of anilines is 1. The number of urea groups is 1. The van der Waals surface area contributed by atoms with Crippen molar-refractivity contribution in [2.45, 2.75) is 13.2 Å². The summed E-state index contributed by atoms with van der Waals surface area (Å²) in [5.41, 5.74) is 1.16. The molecule has 0 aromatic heterocycles. The maximum atomic E-state index is 11.9. The van der Waals surface area contributed by atoms with Gasteiger partial charge < -0.3 is 0 Å². The van der Waals surface area contributed by atoms with Crippen molar-refractivity contribution in [2.24, 2.45) is 0 Å². The lowest BCUT2D eigenvalue weighted by atomic mass is 10.2. The Hall–Kier alpha value is -1.72. The normalized spacial score (nSPS) is 11.1. The molecule has 0 saturated carbocycles. The van der Waals surface area contributed by atoms with Crippen LogP contribution < -0.4 is 10.2 Å². The van der Waals surface area contributed by atoms with Crippen LogP contribution in [0.15, 0.2) is 24.3 Å². The quantitative estimate of drug-likeness (QED) is 0.742. The van der Waals surface area contributed by atoms with E-state index in [-0.39, 0.29) is 0 Å². The molecule has 16 heavy (non-hydrogen) atoms. The van der Waals surface area contributed by atoms with Gasteiger partial charge in [-0.25, -0.2) is 10.1 Å². The molecule has 0 bridgehead atoms. The van der Waals surface area contributed by atoms with E-state index in [0.29, 0.717) is 5.69 Å². The summed E-state index contributed by atoms with van der Waals surface area (Å²) in [5, 5.41) is 0.932. The molecule has 1 aromatic rings. The van der Waals surface area contributed by atoms with Crippen molar-refractivity contribution in [3.63, 3.8) is 0 Å². The van der Waals surface area contributed by atoms with Crippen LogP contribution in [0.25, 0.3) is 0 Å². The number of hydrogen-bond acceptors (Lipinski definition) is 1. The fourth-order valence-corrected chi connectivity index (χ4v) is 1.25. The first kappa shape index (κ1) is 12.4. The maximum Gasteiger partial charge on any atom is 0.485 e. The van der Waals surface area contributed by atoms with Gasteiger partial charge in [0.1, 0.15) is 0 Å². The van der Waals surface area contributed by atoms with Crippen LogP contribution in [0.2, 0.25) is 0 Å². The van der Waals surface area contributed by atoms with Gasteiger partial charge in [0.15, 0.2) is 0 Å². The van der Waals surface area contributed by atoms with Crippen LogP contribution in [0.1, 0.15) is 5.56 Å². The number of alkyl halides is 3. The Kier molecular flexibility index (Phi) is 3.41. The summed E-state index contributed by atoms with van der Waals surface area (Å²) in [5.74, 6) is 0. The molecular formula is C10H11F3N2O. The summed E-state index contributed by atoms with van der Waals surface area (Å²) in [4.78, 5) is 12.1. The summed E-state index contributed by atoms with van der Waals surface area (Å²) in [6.45, 7) is 1.71. The lowest BCUT2D eigenvalue weighted by Gasteiger charge is -2.20. The highest BCUT2D eigenvalue weighted by Gasteiger charge is 2.31. The zero-order valence-corrected chi connectivity index (χ0v) is 8.80. The molecule has 6 heteroatoms. The van der Waals surface area contributed by atoms with Gasteiger partial charge in [0.25, 0.3) is 0 Å². The van der Waals surface area contributed by atoms with Gasteiger partial charge in [0.05, 0.1) is 0 Å². The van der Waals surface area contributed by atoms with E-state index >= 15 is 0 Å². The lowest BCUT2D eigenvalue weighted by molar-refractivity contribution is -0.145. The molecule has 0 spiro atoms. The van der Waals surface area contributed by atoms with Crippen molar-refractivity contribution in [3.8, 4) is 0 Å². The Labute approximate surface area is 90.9 Å². The molecule has 0 atom stereocenters. The predicted octanol–water partition coefficient (Wildman–Crippen LogP) is 2.66. The van der Waals surface area contributed by atoms with Crippen LogP contribution in [-0.2, 0) is 0 Å². The number of carbonyl (C=O) groups is 1. The van der Waals surface area contributed by atoms with E-state index in [1.807, 2.05) is 0 Å². The van der Waals surface area contributed by atoms with E-state index in [0.717, 1.165) is 15.8 Å². The molecule has 1 N–H and O–H groups in total. The van der Waals surface area contributed by atoms with Gasteiger partial charge in [-0.3, -0.25) is 4.90 Å². The topological polar surface area (TPSA) is 32.3 Å². The second kappa shape index (κ2) is 4.42. The first-order chi connectivity index (χ1) is 7.31. The summed E-state index contributed by atoms with van der Waals surface area (Å²) in [6, 6.07) is 5.48. The second-order valence-corrected chi connectivity index (χ2v) is 3.27. The van der Waals surface area contributed by atoms with Gasteiger partial charge in [0.2, 0.25) is 0 Å². The number of aryl methyl sites for hydroxylation is 1. The van der Waals surface area contributed by atoms with Crippen LogP contribution in [0.4, 0.5) is 23.7 Å². The second-order valence-electron chi connectivity index (χ2n) is 3.27. The van der Waals surface area contributed by atoms with Crippen LogP contribution in [0.3, 0.4) is 0 Å². The van der Waals surface area contributed by atoms with Gasteiger partial charge in [-0.15, -0.1) is 0 Å². The predicted molar refractivity (Wildman–Crippen MR) is 54.2 cm³/mol. The monoisotopic (exact) mass is 232 g/mol. The van der Waals surface area contributed by atoms with Gasteiger partial charge in [0, 0.05) is 12.7 Å². The van der Waals surface area contributed by atoms with E-state index in [1.165, 1.54) is 7.05 Å². The number of benzene rings is 1. The molecule has 0 unspecified atom stereocenters. The van der Waals surface area contributed by atoms with Crippen molar-refractivity contribution < 1.29 is 18.0 Å². The zero-order valence-electron chi connectivity index (χ0n) is 8.80. The molecule has 3 nitrogen and oxygen atoms in total. The Morgan fingerprint density at radius 3 is 2.38 bits per heavy atom. The van der Waals surface area contributed by atoms with E-state index in [4.69, 9.17) is 0 Å². The maximum absolute atomic E-state index is 11.9. The number of rotatable bonds is 1. The third-order valence-electron chi connectivity index (χ3n) is 2.03. The van der Waals surface area contributed by atoms with Gasteiger partial charge in [-0.1, -0.05) is 18.2 Å². The molecule has 0 aliphatic heterocycles. The highest BCUT2D eigenvalue weighted by molar-refractivity contribution is 5.92. The Balaban J connectivity index is 2.83. The minimum atomic E-state index is -4.71. The molecule has 1 aromatic carbocycles. The van der Waals surface area contributed by atoms with Gasteiger partial charge >= 0.3 is 12.3 Å². The van der Waals surface area contributed by atoms with Crippen molar-refractivity contribution in [1.82, 2.24) is 5.32 Å². The molecular weight excluding hydrogens is 221 g/mol. The SMILES string of the molecule is Cc1ccccc1N(C)C(=O)NC(F)(F)F. The lowest BCUT2D eigenvalue weighted by Crippen LogP contribution is -2.45. The summed E-state index contributed by atoms with van der Waals surface area (Å²) in [7, 11) is 1.28. The summed E-state index contributed by atoms with van der Waals surface area (Å²) >= 11 is 0. The summed E-state index contributed by atoms with van der Waals surface area (Å²) < 4.78 is 35.8. The highest BCUT2D eigenvalue weighted by Crippen LogP contribution is 2.19. The minimum absolute atomic E-state index is 0.434. The molecule has 1 rings (SSSR count). The molecule has 2 amide bonds. The van der Waals surface area contributed by atoms with E-state index < -0.39 is 12.3 Å². The molecule has 0 fully saturated rings. The largest absolute Gasteiger partial charge is 0.485 e. The molecule has 0 aliphatic rings. The summed E-state index contributed by atoms with van der Waals surface area (Å²) in [6.07, 6.45) is -4.71. The molecule has 0 aliphatic carbocycles. The van der Waals surface area contributed by atoms with Crippen LogP contribution in [0.5, 0.6) is 0 Å². The fourth-order valence-electron chi connectivity index (χ4n) is 1.25. The number of amides is 2. The number of carbonyl (C=O) groups excluding carboxylic acids is 1. The van der Waals surface area contributed by atoms with Crippen molar-refractivity contribution in [2.75, 3.05) is 11.9 Å². The van der Waals surface area contributed by atoms with Crippen LogP contribution in [0, 0.1) is 6.92 Å². The van der Waals surface area contributed by atoms with Crippen LogP contribution in [-0.4, -0.2) is 19.4 Å². The Bertz CT molecular complexity index is 390. The Morgan fingerprint density at radius 2 is 1.88 bits per heavy atom. The minimum Gasteiger partial charge on any atom is -0.297 e. The van der Waals surface area contributed by atoms with E-state index in [1.54, 1.807) is 31.2 Å². The third-order valence-corrected chi connectivity index (χ3v) is 2.03. The van der Waals surface area contributed by atoms with Crippen LogP contribution >= 0.6 is 0 Å². The zero-order chi connectivity index (χ0) is 12.3. The third kappa shape index (κ3) is 3.15. The van der Waals surface area contributed by atoms with Gasteiger partial charge in [-0.05, 0) is 18.6 Å². The number of nitrogens with zero attached hydrogens (tertiary/aromatic N) is 1. The number of nitrogens with one attached hydrogen (secondary N) is 1. The van der Waals surface area contributed by atoms with Crippen molar-refractivity contribution >= 4 is 11.7 Å². The fraction of sp³-hybridized carbons (Fsp3) is 0.300. The van der Waals surface area contributed by atoms with Crippen molar-refractivity contribution in [3.05, 3.63) is 29.8 Å². The van der Waals surface area contributed by atoms with E-state index in [9.17, 15) is 18.0 Å². The molecule has 0 radical (unpaired) electrons. The average molecular weight is 232 g/mol. The first-order valence-electron chi connectivity index (χ1n) is 4.49. The van der Waals surface area contributed by atoms with E-state index in [2.05, 4.69) is 0 Å². The standard InChI is InChI=1S/C10H11F3N2O/c1-7-5-3-4-6-8(7)15(2)9(16)14-10(11,12)13/h3-6H,1-2H3,(H,14,16). The molecule has 0 heterocycles. The van der Waals surface area contributed by atoms with Gasteiger partial charge in [-0.2, -0.15) is 13.2 Å². The van der Waals surface area contributed by atoms with Crippen molar-refractivity contribution in [1.29, 1.82) is 0 Å². The Morgan fingerprint density at radius 1 is 1.31 bits per heavy atom. The number of hydrogen-bond donors (Lipinski definition) is 1. The first-order valence-corrected chi connectivity index (χ1v) is 4.49. The molecule has 88 valence electrons. The highest BCUT2D eigenvalue weighted by atomic mass is 19.4. The molecule has 0 saturated heterocycles. The smallest absolute Gasteiger partial charge is 0.297 e.